The van der Waals surface area contributed by atoms with Gasteiger partial charge in [-0.05, 0) is 13.8 Å². The Balaban J connectivity index is 3.59. The smallest absolute Gasteiger partial charge is 0.304 e. The van der Waals surface area contributed by atoms with Crippen LogP contribution in [-0.2, 0) is 4.79 Å². The number of aliphatic carboxylic acids is 1. The largest absolute Gasteiger partial charge is 0.481 e. The first-order valence-electron chi connectivity index (χ1n) is 3.66. The van der Waals surface area contributed by atoms with Crippen molar-refractivity contribution in [1.82, 2.24) is 5.32 Å². The molecule has 11 heavy (non-hydrogen) atoms. The highest BCUT2D eigenvalue weighted by molar-refractivity contribution is 5.67. The van der Waals surface area contributed by atoms with Gasteiger partial charge in [-0.25, -0.2) is 0 Å². The molecule has 0 spiro atoms. The quantitative estimate of drug-likeness (QED) is 0.586. The van der Waals surface area contributed by atoms with Crippen LogP contribution in [0.25, 0.3) is 0 Å². The van der Waals surface area contributed by atoms with Gasteiger partial charge in [-0.2, -0.15) is 0 Å². The Hall–Kier alpha value is -0.830. The van der Waals surface area contributed by atoms with E-state index in [4.69, 9.17) is 5.11 Å². The monoisotopic (exact) mass is 157 g/mol. The molecule has 64 valence electrons. The molecule has 3 heteroatoms. The summed E-state index contributed by atoms with van der Waals surface area (Å²) in [6.07, 6.45) is 1.90. The lowest BCUT2D eigenvalue weighted by molar-refractivity contribution is -0.137. The second kappa shape index (κ2) is 4.91. The van der Waals surface area contributed by atoms with Gasteiger partial charge < -0.3 is 10.4 Å². The molecule has 0 aromatic rings. The molecule has 2 unspecified atom stereocenters. The zero-order valence-electron chi connectivity index (χ0n) is 7.00. The van der Waals surface area contributed by atoms with Gasteiger partial charge in [-0.3, -0.25) is 4.79 Å². The summed E-state index contributed by atoms with van der Waals surface area (Å²) in [7, 11) is 0. The standard InChI is InChI=1S/C8H15NO2/c1-4-6(2)9-7(3)5-8(10)11/h4,6-7,9H,1,5H2,2-3H3,(H,10,11). The molecule has 3 nitrogen and oxygen atoms in total. The van der Waals surface area contributed by atoms with E-state index in [9.17, 15) is 4.79 Å². The van der Waals surface area contributed by atoms with E-state index in [2.05, 4.69) is 11.9 Å². The normalized spacial score (nSPS) is 15.5. The predicted molar refractivity (Wildman–Crippen MR) is 44.5 cm³/mol. The van der Waals surface area contributed by atoms with Gasteiger partial charge in [0.15, 0.2) is 0 Å². The van der Waals surface area contributed by atoms with Crippen LogP contribution in [0.3, 0.4) is 0 Å². The SMILES string of the molecule is C=CC(C)NC(C)CC(=O)O. The van der Waals surface area contributed by atoms with Crippen molar-refractivity contribution >= 4 is 5.97 Å². The van der Waals surface area contributed by atoms with E-state index in [1.807, 2.05) is 13.8 Å². The summed E-state index contributed by atoms with van der Waals surface area (Å²) in [5, 5.41) is 11.5. The molecule has 2 N–H and O–H groups in total. The van der Waals surface area contributed by atoms with Gasteiger partial charge in [0.05, 0.1) is 6.42 Å². The van der Waals surface area contributed by atoms with Crippen molar-refractivity contribution in [3.05, 3.63) is 12.7 Å². The van der Waals surface area contributed by atoms with Gasteiger partial charge in [0.25, 0.3) is 0 Å². The van der Waals surface area contributed by atoms with E-state index in [0.29, 0.717) is 0 Å². The molecule has 0 saturated carbocycles. The number of rotatable bonds is 5. The Labute approximate surface area is 67.1 Å². The molecular formula is C8H15NO2. The van der Waals surface area contributed by atoms with Crippen molar-refractivity contribution in [2.45, 2.75) is 32.4 Å². The third-order valence-corrected chi connectivity index (χ3v) is 1.38. The van der Waals surface area contributed by atoms with E-state index < -0.39 is 5.97 Å². The Kier molecular flexibility index (Phi) is 4.54. The van der Waals surface area contributed by atoms with Crippen LogP contribution in [0.15, 0.2) is 12.7 Å². The van der Waals surface area contributed by atoms with E-state index in [1.165, 1.54) is 0 Å². The third kappa shape index (κ3) is 5.61. The topological polar surface area (TPSA) is 49.3 Å². The van der Waals surface area contributed by atoms with Crippen LogP contribution in [0, 0.1) is 0 Å². The van der Waals surface area contributed by atoms with Crippen molar-refractivity contribution in [2.24, 2.45) is 0 Å². The summed E-state index contributed by atoms with van der Waals surface area (Å²) in [4.78, 5) is 10.2. The molecule has 0 aliphatic carbocycles. The molecule has 0 radical (unpaired) electrons. The van der Waals surface area contributed by atoms with E-state index in [1.54, 1.807) is 6.08 Å². The number of hydrogen-bond acceptors (Lipinski definition) is 2. The summed E-state index contributed by atoms with van der Waals surface area (Å²) >= 11 is 0. The molecular weight excluding hydrogens is 142 g/mol. The van der Waals surface area contributed by atoms with E-state index in [-0.39, 0.29) is 18.5 Å². The molecule has 0 saturated heterocycles. The van der Waals surface area contributed by atoms with E-state index in [0.717, 1.165) is 0 Å². The fraction of sp³-hybridized carbons (Fsp3) is 0.625. The molecule has 0 aliphatic rings. The van der Waals surface area contributed by atoms with E-state index >= 15 is 0 Å². The highest BCUT2D eigenvalue weighted by atomic mass is 16.4. The van der Waals surface area contributed by atoms with Crippen molar-refractivity contribution in [3.63, 3.8) is 0 Å². The second-order valence-electron chi connectivity index (χ2n) is 2.69. The predicted octanol–water partition coefficient (Wildman–Crippen LogP) is 1.01. The van der Waals surface area contributed by atoms with Crippen LogP contribution in [0.5, 0.6) is 0 Å². The second-order valence-corrected chi connectivity index (χ2v) is 2.69. The first kappa shape index (κ1) is 10.2. The van der Waals surface area contributed by atoms with Gasteiger partial charge >= 0.3 is 5.97 Å². The number of carbonyl (C=O) groups is 1. The maximum Gasteiger partial charge on any atom is 0.304 e. The maximum absolute atomic E-state index is 10.2. The molecule has 0 bridgehead atoms. The lowest BCUT2D eigenvalue weighted by Gasteiger charge is -2.14. The van der Waals surface area contributed by atoms with Crippen LogP contribution in [-0.4, -0.2) is 23.2 Å². The summed E-state index contributed by atoms with van der Waals surface area (Å²) in [5.74, 6) is -0.777. The van der Waals surface area contributed by atoms with Gasteiger partial charge in [0.2, 0.25) is 0 Å². The van der Waals surface area contributed by atoms with Crippen LogP contribution < -0.4 is 5.32 Å². The highest BCUT2D eigenvalue weighted by Gasteiger charge is 2.07. The Bertz CT molecular complexity index is 145. The summed E-state index contributed by atoms with van der Waals surface area (Å²) in [6.45, 7) is 7.36. The van der Waals surface area contributed by atoms with Crippen LogP contribution in [0.1, 0.15) is 20.3 Å². The van der Waals surface area contributed by atoms with Crippen molar-refractivity contribution < 1.29 is 9.90 Å². The number of carboxylic acids is 1. The van der Waals surface area contributed by atoms with Gasteiger partial charge in [0, 0.05) is 12.1 Å². The molecule has 0 aromatic carbocycles. The summed E-state index contributed by atoms with van der Waals surface area (Å²) in [6, 6.07) is 0.171. The fourth-order valence-corrected chi connectivity index (χ4v) is 0.838. The maximum atomic E-state index is 10.2. The first-order valence-corrected chi connectivity index (χ1v) is 3.66. The molecule has 0 amide bonds. The minimum atomic E-state index is -0.777. The molecule has 0 rings (SSSR count). The minimum Gasteiger partial charge on any atom is -0.481 e. The number of hydrogen-bond donors (Lipinski definition) is 2. The van der Waals surface area contributed by atoms with Crippen molar-refractivity contribution in [3.8, 4) is 0 Å². The van der Waals surface area contributed by atoms with Crippen molar-refractivity contribution in [1.29, 1.82) is 0 Å². The molecule has 0 aromatic heterocycles. The van der Waals surface area contributed by atoms with Gasteiger partial charge in [0.1, 0.15) is 0 Å². The average Bonchev–Trinajstić information content (AvgIpc) is 1.85. The first-order chi connectivity index (χ1) is 5.06. The zero-order valence-corrected chi connectivity index (χ0v) is 7.00. The van der Waals surface area contributed by atoms with Crippen LogP contribution in [0.4, 0.5) is 0 Å². The number of carboxylic acid groups (broad SMARTS) is 1. The molecule has 0 fully saturated rings. The number of nitrogens with one attached hydrogen (secondary N) is 1. The fourth-order valence-electron chi connectivity index (χ4n) is 0.838. The highest BCUT2D eigenvalue weighted by Crippen LogP contribution is 1.93. The summed E-state index contributed by atoms with van der Waals surface area (Å²) in [5.41, 5.74) is 0. The molecule has 2 atom stereocenters. The Morgan fingerprint density at radius 3 is 2.64 bits per heavy atom. The Morgan fingerprint density at radius 1 is 1.73 bits per heavy atom. The van der Waals surface area contributed by atoms with Crippen LogP contribution >= 0.6 is 0 Å². The average molecular weight is 157 g/mol. The molecule has 0 heterocycles. The third-order valence-electron chi connectivity index (χ3n) is 1.38. The van der Waals surface area contributed by atoms with Crippen molar-refractivity contribution in [2.75, 3.05) is 0 Å². The van der Waals surface area contributed by atoms with Gasteiger partial charge in [-0.15, -0.1) is 6.58 Å². The van der Waals surface area contributed by atoms with Crippen LogP contribution in [0.2, 0.25) is 0 Å². The lowest BCUT2D eigenvalue weighted by atomic mass is 10.2. The zero-order chi connectivity index (χ0) is 8.85. The molecule has 0 aliphatic heterocycles. The Morgan fingerprint density at radius 2 is 2.27 bits per heavy atom. The lowest BCUT2D eigenvalue weighted by Crippen LogP contribution is -2.34. The summed E-state index contributed by atoms with van der Waals surface area (Å²) < 4.78 is 0. The van der Waals surface area contributed by atoms with Gasteiger partial charge in [-0.1, -0.05) is 6.08 Å². The minimum absolute atomic E-state index is 0.000463.